The number of carbonyl (C=O) groups is 2. The van der Waals surface area contributed by atoms with Crippen LogP contribution in [-0.2, 0) is 9.59 Å². The second-order valence-corrected chi connectivity index (χ2v) is 6.13. The summed E-state index contributed by atoms with van der Waals surface area (Å²) in [5, 5.41) is 2.85. The topological polar surface area (TPSA) is 75.4 Å². The predicted octanol–water partition coefficient (Wildman–Crippen LogP) is 1.51. The molecule has 0 saturated heterocycles. The van der Waals surface area contributed by atoms with Crippen molar-refractivity contribution >= 4 is 11.8 Å². The van der Waals surface area contributed by atoms with Gasteiger partial charge in [0.15, 0.2) is 0 Å². The lowest BCUT2D eigenvalue weighted by molar-refractivity contribution is -0.136. The number of rotatable bonds is 7. The molecule has 1 aliphatic rings. The standard InChI is InChI=1S/C16H31N3O2/c1-4-19(5-2)16(21)12(3)18-15(20)10-13-6-8-14(11-17)9-7-13/h12-14H,4-11,17H2,1-3H3,(H,18,20). The normalized spacial score (nSPS) is 23.4. The zero-order chi connectivity index (χ0) is 15.8. The van der Waals surface area contributed by atoms with E-state index in [0.717, 1.165) is 32.2 Å². The van der Waals surface area contributed by atoms with E-state index >= 15 is 0 Å². The Kier molecular flexibility index (Phi) is 7.72. The van der Waals surface area contributed by atoms with Crippen LogP contribution >= 0.6 is 0 Å². The molecule has 0 spiro atoms. The fraction of sp³-hybridized carbons (Fsp3) is 0.875. The van der Waals surface area contributed by atoms with Gasteiger partial charge < -0.3 is 16.0 Å². The molecule has 5 heteroatoms. The highest BCUT2D eigenvalue weighted by molar-refractivity contribution is 5.87. The Morgan fingerprint density at radius 3 is 2.14 bits per heavy atom. The quantitative estimate of drug-likeness (QED) is 0.748. The molecule has 122 valence electrons. The average molecular weight is 297 g/mol. The van der Waals surface area contributed by atoms with Crippen molar-refractivity contribution in [2.24, 2.45) is 17.6 Å². The SMILES string of the molecule is CCN(CC)C(=O)C(C)NC(=O)CC1CCC(CN)CC1. The van der Waals surface area contributed by atoms with Gasteiger partial charge in [-0.15, -0.1) is 0 Å². The molecule has 1 saturated carbocycles. The van der Waals surface area contributed by atoms with Gasteiger partial charge in [0.25, 0.3) is 0 Å². The van der Waals surface area contributed by atoms with Gasteiger partial charge in [-0.05, 0) is 64.8 Å². The minimum atomic E-state index is -0.433. The molecule has 5 nitrogen and oxygen atoms in total. The molecule has 1 fully saturated rings. The van der Waals surface area contributed by atoms with Crippen LogP contribution in [0.2, 0.25) is 0 Å². The second-order valence-electron chi connectivity index (χ2n) is 6.13. The number of nitrogens with zero attached hydrogens (tertiary/aromatic N) is 1. The molecule has 1 unspecified atom stereocenters. The van der Waals surface area contributed by atoms with Crippen LogP contribution < -0.4 is 11.1 Å². The highest BCUT2D eigenvalue weighted by Gasteiger charge is 2.24. The molecule has 0 aromatic carbocycles. The Balaban J connectivity index is 2.35. The molecule has 3 N–H and O–H groups in total. The Hall–Kier alpha value is -1.10. The van der Waals surface area contributed by atoms with Gasteiger partial charge in [-0.25, -0.2) is 0 Å². The lowest BCUT2D eigenvalue weighted by atomic mass is 9.80. The molecule has 0 bridgehead atoms. The van der Waals surface area contributed by atoms with Crippen molar-refractivity contribution in [3.05, 3.63) is 0 Å². The highest BCUT2D eigenvalue weighted by Crippen LogP contribution is 2.30. The van der Waals surface area contributed by atoms with E-state index in [-0.39, 0.29) is 11.8 Å². The Labute approximate surface area is 128 Å². The number of hydrogen-bond acceptors (Lipinski definition) is 3. The minimum Gasteiger partial charge on any atom is -0.345 e. The number of hydrogen-bond donors (Lipinski definition) is 2. The summed E-state index contributed by atoms with van der Waals surface area (Å²) < 4.78 is 0. The van der Waals surface area contributed by atoms with Crippen LogP contribution in [-0.4, -0.2) is 42.4 Å². The molecule has 0 radical (unpaired) electrons. The van der Waals surface area contributed by atoms with E-state index in [9.17, 15) is 9.59 Å². The van der Waals surface area contributed by atoms with E-state index in [1.54, 1.807) is 11.8 Å². The summed E-state index contributed by atoms with van der Waals surface area (Å²) in [6, 6.07) is -0.433. The van der Waals surface area contributed by atoms with Crippen molar-refractivity contribution in [3.8, 4) is 0 Å². The van der Waals surface area contributed by atoms with Gasteiger partial charge in [-0.2, -0.15) is 0 Å². The summed E-state index contributed by atoms with van der Waals surface area (Å²) in [5.74, 6) is 1.08. The Morgan fingerprint density at radius 2 is 1.67 bits per heavy atom. The summed E-state index contributed by atoms with van der Waals surface area (Å²) in [6.45, 7) is 7.78. The largest absolute Gasteiger partial charge is 0.345 e. The molecule has 1 aliphatic carbocycles. The van der Waals surface area contributed by atoms with Crippen molar-refractivity contribution < 1.29 is 9.59 Å². The molecular weight excluding hydrogens is 266 g/mol. The van der Waals surface area contributed by atoms with Crippen molar-refractivity contribution in [1.82, 2.24) is 10.2 Å². The van der Waals surface area contributed by atoms with Gasteiger partial charge in [0.1, 0.15) is 6.04 Å². The van der Waals surface area contributed by atoms with Crippen LogP contribution in [0.1, 0.15) is 52.9 Å². The van der Waals surface area contributed by atoms with E-state index in [4.69, 9.17) is 5.73 Å². The van der Waals surface area contributed by atoms with Crippen LogP contribution in [0.15, 0.2) is 0 Å². The lowest BCUT2D eigenvalue weighted by Gasteiger charge is -2.28. The lowest BCUT2D eigenvalue weighted by Crippen LogP contribution is -2.47. The monoisotopic (exact) mass is 297 g/mol. The first-order chi connectivity index (χ1) is 10.0. The first-order valence-electron chi connectivity index (χ1n) is 8.29. The number of nitrogens with two attached hydrogens (primary N) is 1. The van der Waals surface area contributed by atoms with E-state index in [1.165, 1.54) is 0 Å². The number of likely N-dealkylation sites (N-methyl/N-ethyl adjacent to an activating group) is 1. The van der Waals surface area contributed by atoms with Crippen LogP contribution in [0.3, 0.4) is 0 Å². The summed E-state index contributed by atoms with van der Waals surface area (Å²) in [6.07, 6.45) is 4.94. The van der Waals surface area contributed by atoms with Gasteiger partial charge in [0, 0.05) is 19.5 Å². The maximum absolute atomic E-state index is 12.1. The summed E-state index contributed by atoms with van der Waals surface area (Å²) >= 11 is 0. The molecule has 0 aromatic rings. The van der Waals surface area contributed by atoms with Gasteiger partial charge in [-0.1, -0.05) is 0 Å². The maximum Gasteiger partial charge on any atom is 0.244 e. The molecule has 0 aliphatic heterocycles. The summed E-state index contributed by atoms with van der Waals surface area (Å²) in [5.41, 5.74) is 5.68. The van der Waals surface area contributed by atoms with Crippen LogP contribution in [0.5, 0.6) is 0 Å². The van der Waals surface area contributed by atoms with Gasteiger partial charge >= 0.3 is 0 Å². The zero-order valence-electron chi connectivity index (χ0n) is 13.7. The predicted molar refractivity (Wildman–Crippen MR) is 84.7 cm³/mol. The highest BCUT2D eigenvalue weighted by atomic mass is 16.2. The van der Waals surface area contributed by atoms with E-state index in [2.05, 4.69) is 5.32 Å². The molecule has 0 heterocycles. The minimum absolute atomic E-state index is 0.000176. The summed E-state index contributed by atoms with van der Waals surface area (Å²) in [7, 11) is 0. The number of amides is 2. The third kappa shape index (κ3) is 5.65. The fourth-order valence-electron chi connectivity index (χ4n) is 3.10. The van der Waals surface area contributed by atoms with Crippen molar-refractivity contribution in [1.29, 1.82) is 0 Å². The van der Waals surface area contributed by atoms with E-state index in [0.29, 0.717) is 31.3 Å². The van der Waals surface area contributed by atoms with Gasteiger partial charge in [0.2, 0.25) is 11.8 Å². The smallest absolute Gasteiger partial charge is 0.244 e. The molecule has 0 aromatic heterocycles. The molecule has 21 heavy (non-hydrogen) atoms. The van der Waals surface area contributed by atoms with Crippen LogP contribution in [0.25, 0.3) is 0 Å². The second kappa shape index (κ2) is 9.03. The average Bonchev–Trinajstić information content (AvgIpc) is 2.49. The fourth-order valence-corrected chi connectivity index (χ4v) is 3.10. The summed E-state index contributed by atoms with van der Waals surface area (Å²) in [4.78, 5) is 25.9. The maximum atomic E-state index is 12.1. The third-order valence-electron chi connectivity index (χ3n) is 4.60. The zero-order valence-corrected chi connectivity index (χ0v) is 13.7. The Bertz CT molecular complexity index is 334. The first kappa shape index (κ1) is 18.0. The molecule has 2 amide bonds. The van der Waals surface area contributed by atoms with E-state index in [1.807, 2.05) is 13.8 Å². The molecule has 1 atom stereocenters. The van der Waals surface area contributed by atoms with Crippen molar-refractivity contribution in [3.63, 3.8) is 0 Å². The van der Waals surface area contributed by atoms with Gasteiger partial charge in [-0.3, -0.25) is 9.59 Å². The van der Waals surface area contributed by atoms with Crippen LogP contribution in [0, 0.1) is 11.8 Å². The number of carbonyl (C=O) groups excluding carboxylic acids is 2. The van der Waals surface area contributed by atoms with Gasteiger partial charge in [0.05, 0.1) is 0 Å². The van der Waals surface area contributed by atoms with Crippen LogP contribution in [0.4, 0.5) is 0 Å². The first-order valence-corrected chi connectivity index (χ1v) is 8.29. The van der Waals surface area contributed by atoms with Crippen molar-refractivity contribution in [2.45, 2.75) is 58.9 Å². The number of nitrogens with one attached hydrogen (secondary N) is 1. The van der Waals surface area contributed by atoms with E-state index < -0.39 is 6.04 Å². The van der Waals surface area contributed by atoms with Crippen molar-refractivity contribution in [2.75, 3.05) is 19.6 Å². The third-order valence-corrected chi connectivity index (χ3v) is 4.60. The molecule has 1 rings (SSSR count). The Morgan fingerprint density at radius 1 is 1.14 bits per heavy atom. The molecular formula is C16H31N3O2.